The quantitative estimate of drug-likeness (QED) is 0.906. The molecule has 1 fully saturated rings. The summed E-state index contributed by atoms with van der Waals surface area (Å²) in [6.07, 6.45) is 1.83. The Hall–Kier alpha value is -1.84. The molecule has 22 heavy (non-hydrogen) atoms. The van der Waals surface area contributed by atoms with E-state index < -0.39 is 11.9 Å². The van der Waals surface area contributed by atoms with Gasteiger partial charge in [-0.15, -0.1) is 0 Å². The molecule has 1 aliphatic rings. The van der Waals surface area contributed by atoms with Crippen molar-refractivity contribution in [1.82, 2.24) is 0 Å². The zero-order chi connectivity index (χ0) is 16.5. The summed E-state index contributed by atoms with van der Waals surface area (Å²) in [5.41, 5.74) is 2.04. The summed E-state index contributed by atoms with van der Waals surface area (Å²) >= 11 is 0. The highest BCUT2D eigenvalue weighted by atomic mass is 16.4. The second-order valence-corrected chi connectivity index (χ2v) is 7.26. The number of rotatable bonds is 5. The Morgan fingerprint density at radius 3 is 2.18 bits per heavy atom. The van der Waals surface area contributed by atoms with Crippen molar-refractivity contribution in [2.45, 2.75) is 46.0 Å². The summed E-state index contributed by atoms with van der Waals surface area (Å²) < 4.78 is 0. The molecule has 2 rings (SSSR count). The molecular formula is C18H25NO3. The van der Waals surface area contributed by atoms with Crippen LogP contribution in [0.5, 0.6) is 0 Å². The lowest BCUT2D eigenvalue weighted by Gasteiger charge is -2.26. The molecule has 0 saturated heterocycles. The largest absolute Gasteiger partial charge is 0.481 e. The lowest BCUT2D eigenvalue weighted by atomic mass is 9.87. The fourth-order valence-corrected chi connectivity index (χ4v) is 2.37. The zero-order valence-corrected chi connectivity index (χ0v) is 13.8. The summed E-state index contributed by atoms with van der Waals surface area (Å²) in [6, 6.07) is 7.90. The first-order valence-corrected chi connectivity index (χ1v) is 7.85. The van der Waals surface area contributed by atoms with E-state index in [9.17, 15) is 9.59 Å². The van der Waals surface area contributed by atoms with Crippen LogP contribution in [-0.4, -0.2) is 23.5 Å². The number of benzene rings is 1. The summed E-state index contributed by atoms with van der Waals surface area (Å²) in [6.45, 7) is 8.28. The van der Waals surface area contributed by atoms with Gasteiger partial charge >= 0.3 is 5.97 Å². The number of nitrogens with zero attached hydrogens (tertiary/aromatic N) is 1. The molecule has 0 spiro atoms. The van der Waals surface area contributed by atoms with Crippen molar-refractivity contribution in [3.05, 3.63) is 29.8 Å². The minimum absolute atomic E-state index is 0.0524. The number of carboxylic acid groups (broad SMARTS) is 1. The van der Waals surface area contributed by atoms with Crippen LogP contribution in [0.3, 0.4) is 0 Å². The van der Waals surface area contributed by atoms with Crippen LogP contribution in [0, 0.1) is 11.8 Å². The highest BCUT2D eigenvalue weighted by molar-refractivity contribution is 5.97. The van der Waals surface area contributed by atoms with Gasteiger partial charge in [0.1, 0.15) is 0 Å². The Morgan fingerprint density at radius 2 is 1.77 bits per heavy atom. The maximum atomic E-state index is 12.5. The van der Waals surface area contributed by atoms with Gasteiger partial charge < -0.3 is 10.0 Å². The van der Waals surface area contributed by atoms with Crippen LogP contribution in [0.1, 0.15) is 46.1 Å². The molecule has 4 heteroatoms. The Balaban J connectivity index is 2.24. The molecule has 0 heterocycles. The topological polar surface area (TPSA) is 57.6 Å². The third-order valence-electron chi connectivity index (χ3n) is 4.12. The molecule has 0 bridgehead atoms. The minimum atomic E-state index is -0.875. The Bertz CT molecular complexity index is 553. The zero-order valence-electron chi connectivity index (χ0n) is 13.8. The maximum Gasteiger partial charge on any atom is 0.308 e. The van der Waals surface area contributed by atoms with Crippen molar-refractivity contribution in [2.24, 2.45) is 11.8 Å². The van der Waals surface area contributed by atoms with Crippen molar-refractivity contribution < 1.29 is 14.7 Å². The first-order valence-electron chi connectivity index (χ1n) is 7.85. The number of amides is 1. The number of carboxylic acids is 1. The van der Waals surface area contributed by atoms with Gasteiger partial charge in [0.15, 0.2) is 0 Å². The van der Waals surface area contributed by atoms with Gasteiger partial charge in [0, 0.05) is 18.2 Å². The molecule has 1 aromatic carbocycles. The normalized spacial score (nSPS) is 16.2. The van der Waals surface area contributed by atoms with Gasteiger partial charge in [-0.25, -0.2) is 0 Å². The molecule has 1 aromatic rings. The second kappa shape index (κ2) is 6.11. The molecule has 120 valence electrons. The molecule has 0 aromatic heterocycles. The van der Waals surface area contributed by atoms with Gasteiger partial charge in [-0.05, 0) is 36.0 Å². The highest BCUT2D eigenvalue weighted by Gasteiger charge is 2.35. The van der Waals surface area contributed by atoms with E-state index in [1.807, 2.05) is 24.3 Å². The molecule has 1 saturated carbocycles. The van der Waals surface area contributed by atoms with Crippen LogP contribution in [0.15, 0.2) is 24.3 Å². The number of hydrogen-bond acceptors (Lipinski definition) is 2. The summed E-state index contributed by atoms with van der Waals surface area (Å²) in [7, 11) is 0. The number of carbonyl (C=O) groups excluding carboxylic acids is 1. The SMILES string of the molecule is CC(CN(C(=O)C1CC1)c1ccc(C(C)(C)C)cc1)C(=O)O. The van der Waals surface area contributed by atoms with Gasteiger partial charge in [0.05, 0.1) is 5.92 Å². The molecule has 1 aliphatic carbocycles. The van der Waals surface area contributed by atoms with Crippen LogP contribution in [-0.2, 0) is 15.0 Å². The molecule has 0 aliphatic heterocycles. The Labute approximate surface area is 132 Å². The summed E-state index contributed by atoms with van der Waals surface area (Å²) in [5.74, 6) is -1.33. The van der Waals surface area contributed by atoms with E-state index in [4.69, 9.17) is 5.11 Å². The van der Waals surface area contributed by atoms with E-state index in [-0.39, 0.29) is 23.8 Å². The first kappa shape index (κ1) is 16.5. The molecule has 1 unspecified atom stereocenters. The van der Waals surface area contributed by atoms with Crippen molar-refractivity contribution in [3.63, 3.8) is 0 Å². The molecule has 1 N–H and O–H groups in total. The lowest BCUT2D eigenvalue weighted by Crippen LogP contribution is -2.38. The van der Waals surface area contributed by atoms with Crippen LogP contribution < -0.4 is 4.90 Å². The number of anilines is 1. The van der Waals surface area contributed by atoms with Gasteiger partial charge in [0.2, 0.25) is 5.91 Å². The van der Waals surface area contributed by atoms with E-state index >= 15 is 0 Å². The molecule has 1 amide bonds. The van der Waals surface area contributed by atoms with Crippen LogP contribution in [0.4, 0.5) is 5.69 Å². The molecule has 1 atom stereocenters. The van der Waals surface area contributed by atoms with Crippen LogP contribution in [0.2, 0.25) is 0 Å². The van der Waals surface area contributed by atoms with E-state index in [0.29, 0.717) is 0 Å². The average Bonchev–Trinajstić information content (AvgIpc) is 3.27. The van der Waals surface area contributed by atoms with E-state index in [2.05, 4.69) is 20.8 Å². The van der Waals surface area contributed by atoms with Crippen molar-refractivity contribution in [2.75, 3.05) is 11.4 Å². The van der Waals surface area contributed by atoms with E-state index in [1.165, 1.54) is 5.56 Å². The lowest BCUT2D eigenvalue weighted by molar-refractivity contribution is -0.140. The predicted octanol–water partition coefficient (Wildman–Crippen LogP) is 3.45. The minimum Gasteiger partial charge on any atom is -0.481 e. The average molecular weight is 303 g/mol. The van der Waals surface area contributed by atoms with Gasteiger partial charge in [-0.2, -0.15) is 0 Å². The van der Waals surface area contributed by atoms with Crippen molar-refractivity contribution in [1.29, 1.82) is 0 Å². The van der Waals surface area contributed by atoms with Crippen LogP contribution in [0.25, 0.3) is 0 Å². The van der Waals surface area contributed by atoms with Gasteiger partial charge in [-0.1, -0.05) is 39.8 Å². The van der Waals surface area contributed by atoms with E-state index in [0.717, 1.165) is 18.5 Å². The monoisotopic (exact) mass is 303 g/mol. The number of hydrogen-bond donors (Lipinski definition) is 1. The van der Waals surface area contributed by atoms with Crippen LogP contribution >= 0.6 is 0 Å². The highest BCUT2D eigenvalue weighted by Crippen LogP contribution is 2.34. The maximum absolute atomic E-state index is 12.5. The first-order chi connectivity index (χ1) is 10.2. The third-order valence-corrected chi connectivity index (χ3v) is 4.12. The predicted molar refractivity (Wildman–Crippen MR) is 87.0 cm³/mol. The standard InChI is InChI=1S/C18H25NO3/c1-12(17(21)22)11-19(16(20)13-5-6-13)15-9-7-14(8-10-15)18(2,3)4/h7-10,12-13H,5-6,11H2,1-4H3,(H,21,22). The molecular weight excluding hydrogens is 278 g/mol. The summed E-state index contributed by atoms with van der Waals surface area (Å²) in [4.78, 5) is 25.2. The van der Waals surface area contributed by atoms with Crippen molar-refractivity contribution in [3.8, 4) is 0 Å². The molecule has 4 nitrogen and oxygen atoms in total. The molecule has 0 radical (unpaired) electrons. The Morgan fingerprint density at radius 1 is 1.23 bits per heavy atom. The third kappa shape index (κ3) is 3.87. The fourth-order valence-electron chi connectivity index (χ4n) is 2.37. The van der Waals surface area contributed by atoms with Crippen molar-refractivity contribution >= 4 is 17.6 Å². The van der Waals surface area contributed by atoms with Gasteiger partial charge in [0.25, 0.3) is 0 Å². The summed E-state index contributed by atoms with van der Waals surface area (Å²) in [5, 5.41) is 9.13. The van der Waals surface area contributed by atoms with Gasteiger partial charge in [-0.3, -0.25) is 9.59 Å². The second-order valence-electron chi connectivity index (χ2n) is 7.26. The smallest absolute Gasteiger partial charge is 0.308 e. The van der Waals surface area contributed by atoms with E-state index in [1.54, 1.807) is 11.8 Å². The number of aliphatic carboxylic acids is 1. The number of carbonyl (C=O) groups is 2. The Kier molecular flexibility index (Phi) is 4.59. The fraction of sp³-hybridized carbons (Fsp3) is 0.556.